The van der Waals surface area contributed by atoms with E-state index in [2.05, 4.69) is 18.7 Å². The fourth-order valence-electron chi connectivity index (χ4n) is 4.24. The number of carbonyl (C=O) groups excluding carboxylic acids is 1. The molecule has 0 aromatic heterocycles. The van der Waals surface area contributed by atoms with Gasteiger partial charge in [0.15, 0.2) is 0 Å². The van der Waals surface area contributed by atoms with Gasteiger partial charge in [0.05, 0.1) is 0 Å². The smallest absolute Gasteiger partial charge is 0.225 e. The molecule has 0 aromatic rings. The molecular weight excluding hydrogens is 260 g/mol. The summed E-state index contributed by atoms with van der Waals surface area (Å²) in [7, 11) is 0. The van der Waals surface area contributed by atoms with Gasteiger partial charge in [-0.15, -0.1) is 0 Å². The van der Waals surface area contributed by atoms with E-state index in [1.807, 2.05) is 0 Å². The van der Waals surface area contributed by atoms with Crippen LogP contribution in [-0.4, -0.2) is 29.9 Å². The fraction of sp³-hybridized carbons (Fsp3) is 0.944. The van der Waals surface area contributed by atoms with Crippen molar-refractivity contribution in [3.05, 3.63) is 0 Å². The molecule has 3 nitrogen and oxygen atoms in total. The van der Waals surface area contributed by atoms with Crippen LogP contribution in [0.25, 0.3) is 0 Å². The van der Waals surface area contributed by atoms with Crippen molar-refractivity contribution in [3.8, 4) is 0 Å². The largest absolute Gasteiger partial charge is 0.342 e. The van der Waals surface area contributed by atoms with E-state index in [0.29, 0.717) is 11.8 Å². The second kappa shape index (κ2) is 8.17. The highest BCUT2D eigenvalue weighted by Gasteiger charge is 2.31. The lowest BCUT2D eigenvalue weighted by Gasteiger charge is -2.37. The second-order valence-electron chi connectivity index (χ2n) is 7.42. The number of hydrogen-bond donors (Lipinski definition) is 1. The predicted molar refractivity (Wildman–Crippen MR) is 87.9 cm³/mol. The predicted octanol–water partition coefficient (Wildman–Crippen LogP) is 3.57. The van der Waals surface area contributed by atoms with Crippen molar-refractivity contribution in [2.75, 3.05) is 13.1 Å². The quantitative estimate of drug-likeness (QED) is 0.814. The number of hydrogen-bond acceptors (Lipinski definition) is 2. The lowest BCUT2D eigenvalue weighted by Crippen LogP contribution is -2.47. The SMILES string of the molecule is CCCC(CC1CCCC1)C(=O)N1CCCC(C(C)N)C1. The Morgan fingerprint density at radius 2 is 1.95 bits per heavy atom. The van der Waals surface area contributed by atoms with Gasteiger partial charge >= 0.3 is 0 Å². The first-order chi connectivity index (χ1) is 10.1. The Hall–Kier alpha value is -0.570. The van der Waals surface area contributed by atoms with Crippen LogP contribution in [0.1, 0.15) is 71.6 Å². The van der Waals surface area contributed by atoms with Gasteiger partial charge in [0.25, 0.3) is 0 Å². The first-order valence-electron chi connectivity index (χ1n) is 9.16. The zero-order valence-electron chi connectivity index (χ0n) is 14.0. The van der Waals surface area contributed by atoms with E-state index in [9.17, 15) is 4.79 Å². The number of likely N-dealkylation sites (tertiary alicyclic amines) is 1. The Morgan fingerprint density at radius 1 is 1.24 bits per heavy atom. The normalized spacial score (nSPS) is 26.8. The van der Waals surface area contributed by atoms with Gasteiger partial charge in [0.1, 0.15) is 0 Å². The molecule has 3 heteroatoms. The van der Waals surface area contributed by atoms with Gasteiger partial charge in [-0.05, 0) is 44.4 Å². The van der Waals surface area contributed by atoms with Gasteiger partial charge in [-0.1, -0.05) is 39.0 Å². The van der Waals surface area contributed by atoms with E-state index < -0.39 is 0 Å². The summed E-state index contributed by atoms with van der Waals surface area (Å²) < 4.78 is 0. The van der Waals surface area contributed by atoms with E-state index >= 15 is 0 Å². The first-order valence-corrected chi connectivity index (χ1v) is 9.16. The lowest BCUT2D eigenvalue weighted by atomic mass is 9.87. The zero-order chi connectivity index (χ0) is 15.2. The van der Waals surface area contributed by atoms with Crippen molar-refractivity contribution in [2.24, 2.45) is 23.5 Å². The highest BCUT2D eigenvalue weighted by Crippen LogP contribution is 2.33. The number of nitrogens with two attached hydrogens (primary N) is 1. The molecule has 2 N–H and O–H groups in total. The molecule has 122 valence electrons. The van der Waals surface area contributed by atoms with Crippen molar-refractivity contribution in [2.45, 2.75) is 77.7 Å². The Balaban J connectivity index is 1.92. The maximum atomic E-state index is 12.9. The van der Waals surface area contributed by atoms with Crippen molar-refractivity contribution in [3.63, 3.8) is 0 Å². The van der Waals surface area contributed by atoms with Gasteiger partial charge in [-0.2, -0.15) is 0 Å². The van der Waals surface area contributed by atoms with E-state index in [1.54, 1.807) is 0 Å². The molecule has 1 aliphatic heterocycles. The molecule has 3 atom stereocenters. The zero-order valence-corrected chi connectivity index (χ0v) is 14.0. The maximum absolute atomic E-state index is 12.9. The summed E-state index contributed by atoms with van der Waals surface area (Å²) in [5, 5.41) is 0. The average Bonchev–Trinajstić information content (AvgIpc) is 2.99. The molecule has 21 heavy (non-hydrogen) atoms. The van der Waals surface area contributed by atoms with Crippen LogP contribution in [0.4, 0.5) is 0 Å². The molecule has 1 saturated heterocycles. The topological polar surface area (TPSA) is 46.3 Å². The summed E-state index contributed by atoms with van der Waals surface area (Å²) in [5.41, 5.74) is 6.06. The lowest BCUT2D eigenvalue weighted by molar-refractivity contribution is -0.138. The standard InChI is InChI=1S/C18H34N2O/c1-3-7-16(12-15-8-4-5-9-15)18(21)20-11-6-10-17(13-20)14(2)19/h14-17H,3-13,19H2,1-2H3. The molecule has 1 heterocycles. The summed E-state index contributed by atoms with van der Waals surface area (Å²) in [6.45, 7) is 6.13. The van der Waals surface area contributed by atoms with Crippen LogP contribution in [0.5, 0.6) is 0 Å². The van der Waals surface area contributed by atoms with Crippen LogP contribution in [0.15, 0.2) is 0 Å². The molecule has 0 spiro atoms. The van der Waals surface area contributed by atoms with Crippen molar-refractivity contribution in [1.29, 1.82) is 0 Å². The number of carbonyl (C=O) groups is 1. The monoisotopic (exact) mass is 294 g/mol. The Bertz CT molecular complexity index is 323. The van der Waals surface area contributed by atoms with Crippen LogP contribution in [-0.2, 0) is 4.79 Å². The van der Waals surface area contributed by atoms with E-state index in [-0.39, 0.29) is 12.0 Å². The molecule has 1 saturated carbocycles. The summed E-state index contributed by atoms with van der Waals surface area (Å²) in [5.74, 6) is 2.00. The molecule has 1 aliphatic carbocycles. The third-order valence-corrected chi connectivity index (χ3v) is 5.59. The highest BCUT2D eigenvalue weighted by molar-refractivity contribution is 5.79. The number of piperidine rings is 1. The van der Waals surface area contributed by atoms with Gasteiger partial charge in [0, 0.05) is 25.0 Å². The van der Waals surface area contributed by atoms with Gasteiger partial charge in [-0.3, -0.25) is 4.79 Å². The molecule has 0 bridgehead atoms. The minimum absolute atomic E-state index is 0.208. The molecular formula is C18H34N2O. The summed E-state index contributed by atoms with van der Waals surface area (Å²) in [6.07, 6.45) is 11.0. The Labute approximate surface area is 130 Å². The van der Waals surface area contributed by atoms with Crippen LogP contribution < -0.4 is 5.73 Å². The van der Waals surface area contributed by atoms with Crippen molar-refractivity contribution < 1.29 is 4.79 Å². The molecule has 0 aromatic carbocycles. The van der Waals surface area contributed by atoms with Crippen LogP contribution in [0.3, 0.4) is 0 Å². The first kappa shape index (κ1) is 16.8. The van der Waals surface area contributed by atoms with E-state index in [4.69, 9.17) is 5.73 Å². The average molecular weight is 294 g/mol. The Morgan fingerprint density at radius 3 is 2.57 bits per heavy atom. The van der Waals surface area contributed by atoms with E-state index in [1.165, 1.54) is 32.1 Å². The number of amides is 1. The summed E-state index contributed by atoms with van der Waals surface area (Å²) in [4.78, 5) is 15.1. The molecule has 2 rings (SSSR count). The maximum Gasteiger partial charge on any atom is 0.225 e. The molecule has 1 amide bonds. The summed E-state index contributed by atoms with van der Waals surface area (Å²) in [6, 6.07) is 0.208. The molecule has 0 radical (unpaired) electrons. The molecule has 3 unspecified atom stereocenters. The third kappa shape index (κ3) is 4.70. The van der Waals surface area contributed by atoms with Crippen LogP contribution in [0.2, 0.25) is 0 Å². The van der Waals surface area contributed by atoms with Crippen molar-refractivity contribution in [1.82, 2.24) is 4.90 Å². The minimum atomic E-state index is 0.208. The van der Waals surface area contributed by atoms with Crippen LogP contribution in [0, 0.1) is 17.8 Å². The molecule has 2 fully saturated rings. The van der Waals surface area contributed by atoms with Crippen LogP contribution >= 0.6 is 0 Å². The third-order valence-electron chi connectivity index (χ3n) is 5.59. The second-order valence-corrected chi connectivity index (χ2v) is 7.42. The van der Waals surface area contributed by atoms with Crippen molar-refractivity contribution >= 4 is 5.91 Å². The molecule has 2 aliphatic rings. The van der Waals surface area contributed by atoms with Gasteiger partial charge in [-0.25, -0.2) is 0 Å². The summed E-state index contributed by atoms with van der Waals surface area (Å²) >= 11 is 0. The number of nitrogens with zero attached hydrogens (tertiary/aromatic N) is 1. The highest BCUT2D eigenvalue weighted by atomic mass is 16.2. The van der Waals surface area contributed by atoms with E-state index in [0.717, 1.165) is 44.7 Å². The Kier molecular flexibility index (Phi) is 6.53. The van der Waals surface area contributed by atoms with Gasteiger partial charge < -0.3 is 10.6 Å². The fourth-order valence-corrected chi connectivity index (χ4v) is 4.24. The van der Waals surface area contributed by atoms with Gasteiger partial charge in [0.2, 0.25) is 5.91 Å². The minimum Gasteiger partial charge on any atom is -0.342 e. The number of rotatable bonds is 6.